The third-order valence-electron chi connectivity index (χ3n) is 8.15. The van der Waals surface area contributed by atoms with Crippen molar-refractivity contribution in [2.24, 2.45) is 11.3 Å². The van der Waals surface area contributed by atoms with Gasteiger partial charge in [0.1, 0.15) is 5.76 Å². The predicted molar refractivity (Wildman–Crippen MR) is 153 cm³/mol. The van der Waals surface area contributed by atoms with Crippen molar-refractivity contribution >= 4 is 5.70 Å². The van der Waals surface area contributed by atoms with E-state index in [0.29, 0.717) is 37.4 Å². The Morgan fingerprint density at radius 3 is 2.43 bits per heavy atom. The van der Waals surface area contributed by atoms with Crippen LogP contribution in [0.15, 0.2) is 54.5 Å². The number of methoxy groups -OCH3 is 2. The average Bonchev–Trinajstić information content (AvgIpc) is 2.89. The summed E-state index contributed by atoms with van der Waals surface area (Å²) in [6, 6.07) is 4.61. The van der Waals surface area contributed by atoms with Crippen LogP contribution in [-0.4, -0.2) is 45.0 Å². The van der Waals surface area contributed by atoms with Crippen molar-refractivity contribution in [1.29, 1.82) is 0 Å². The van der Waals surface area contributed by atoms with E-state index < -0.39 is 0 Å². The van der Waals surface area contributed by atoms with Crippen LogP contribution in [0.4, 0.5) is 0 Å². The summed E-state index contributed by atoms with van der Waals surface area (Å²) in [7, 11) is 3.42. The maximum absolute atomic E-state index is 6.24. The van der Waals surface area contributed by atoms with Gasteiger partial charge in [0.05, 0.1) is 20.3 Å². The largest absolute Gasteiger partial charge is 0.494 e. The molecule has 0 spiro atoms. The second-order valence-corrected chi connectivity index (χ2v) is 10.8. The van der Waals surface area contributed by atoms with Gasteiger partial charge < -0.3 is 23.8 Å². The van der Waals surface area contributed by atoms with Gasteiger partial charge in [0.25, 0.3) is 0 Å². The summed E-state index contributed by atoms with van der Waals surface area (Å²) in [6.07, 6.45) is 7.36. The van der Waals surface area contributed by atoms with E-state index in [-0.39, 0.29) is 11.5 Å². The van der Waals surface area contributed by atoms with Gasteiger partial charge in [0.15, 0.2) is 11.5 Å². The average molecular weight is 510 g/mol. The molecule has 1 aromatic carbocycles. The molecule has 1 unspecified atom stereocenters. The number of hydrogen-bond donors (Lipinski definition) is 0. The molecule has 5 heteroatoms. The molecule has 0 saturated carbocycles. The van der Waals surface area contributed by atoms with Crippen LogP contribution in [-0.2, 0) is 9.47 Å². The Kier molecular flexibility index (Phi) is 9.57. The van der Waals surface area contributed by atoms with Gasteiger partial charge in [0, 0.05) is 55.1 Å². The van der Waals surface area contributed by atoms with E-state index in [0.717, 1.165) is 47.6 Å². The maximum Gasteiger partial charge on any atom is 0.161 e. The molecular formula is C32H47NO4. The van der Waals surface area contributed by atoms with E-state index in [1.165, 1.54) is 11.1 Å². The zero-order chi connectivity index (χ0) is 27.3. The topological polar surface area (TPSA) is 40.2 Å². The van der Waals surface area contributed by atoms with E-state index in [1.54, 1.807) is 14.2 Å². The van der Waals surface area contributed by atoms with Crippen LogP contribution in [0.1, 0.15) is 77.8 Å². The van der Waals surface area contributed by atoms with E-state index >= 15 is 0 Å². The van der Waals surface area contributed by atoms with Gasteiger partial charge in [-0.2, -0.15) is 0 Å². The quantitative estimate of drug-likeness (QED) is 0.201. The lowest BCUT2D eigenvalue weighted by Crippen LogP contribution is -2.51. The first kappa shape index (κ1) is 28.9. The molecule has 2 heterocycles. The van der Waals surface area contributed by atoms with E-state index in [2.05, 4.69) is 77.1 Å². The molecule has 3 rings (SSSR count). The fourth-order valence-electron chi connectivity index (χ4n) is 5.58. The zero-order valence-corrected chi connectivity index (χ0v) is 24.3. The highest BCUT2D eigenvalue weighted by Crippen LogP contribution is 2.54. The van der Waals surface area contributed by atoms with Crippen LogP contribution in [0.25, 0.3) is 5.70 Å². The van der Waals surface area contributed by atoms with Crippen LogP contribution in [0.2, 0.25) is 0 Å². The Bertz CT molecular complexity index is 1050. The van der Waals surface area contributed by atoms with Crippen molar-refractivity contribution < 1.29 is 18.9 Å². The molecule has 0 aliphatic carbocycles. The van der Waals surface area contributed by atoms with Crippen molar-refractivity contribution in [3.8, 4) is 11.5 Å². The third-order valence-corrected chi connectivity index (χ3v) is 8.15. The number of rotatable bonds is 13. The third kappa shape index (κ3) is 5.77. The van der Waals surface area contributed by atoms with Crippen molar-refractivity contribution in [3.05, 3.63) is 65.6 Å². The fraction of sp³-hybridized carbons (Fsp3) is 0.562. The Hall–Kier alpha value is -2.66. The Morgan fingerprint density at radius 1 is 1.11 bits per heavy atom. The maximum atomic E-state index is 6.24. The molecule has 5 nitrogen and oxygen atoms in total. The number of nitrogens with zero attached hydrogens (tertiary/aromatic N) is 1. The van der Waals surface area contributed by atoms with Gasteiger partial charge in [0.2, 0.25) is 0 Å². The first-order valence-corrected chi connectivity index (χ1v) is 13.7. The van der Waals surface area contributed by atoms with Crippen molar-refractivity contribution in [2.45, 2.75) is 72.8 Å². The normalized spacial score (nSPS) is 19.9. The first-order valence-electron chi connectivity index (χ1n) is 13.7. The van der Waals surface area contributed by atoms with Crippen LogP contribution in [0.3, 0.4) is 0 Å². The van der Waals surface area contributed by atoms with Gasteiger partial charge in [-0.15, -0.1) is 0 Å². The van der Waals surface area contributed by atoms with E-state index in [1.807, 2.05) is 6.92 Å². The predicted octanol–water partition coefficient (Wildman–Crippen LogP) is 7.71. The summed E-state index contributed by atoms with van der Waals surface area (Å²) in [5.41, 5.74) is 5.54. The molecule has 2 aliphatic rings. The molecule has 0 aromatic heterocycles. The molecule has 3 atom stereocenters. The lowest BCUT2D eigenvalue weighted by Gasteiger charge is -2.53. The number of ether oxygens (including phenoxy) is 4. The van der Waals surface area contributed by atoms with Gasteiger partial charge in [-0.25, -0.2) is 0 Å². The molecule has 0 radical (unpaired) electrons. The standard InChI is InChI=1S/C32H47NO4/c1-11-21(4)30-25-19-29(37-16-14-15-34-9)28(35-10)18-24(25)27-17-22(5)26(23(6)36-13-3)20-33(27)31(30)32(7,8)12-2/h17-21,30-31H,5-6,11-16H2,1-4,7-10H3/t21?,30-,31+/m1/s1. The molecule has 1 aromatic rings. The summed E-state index contributed by atoms with van der Waals surface area (Å²) in [5, 5.41) is 0. The molecule has 0 bridgehead atoms. The Balaban J connectivity index is 2.25. The van der Waals surface area contributed by atoms with Crippen LogP contribution < -0.4 is 9.47 Å². The SMILES string of the molecule is C=C1C=C2c3cc(OC)c(OCCCOC)cc3[C@@H](C(C)CC)[C@@H](C(C)(C)CC)N2C=C1C(=C)OCC. The highest BCUT2D eigenvalue weighted by molar-refractivity contribution is 5.79. The molecule has 0 amide bonds. The van der Waals surface area contributed by atoms with E-state index in [9.17, 15) is 0 Å². The Labute approximate surface area is 224 Å². The summed E-state index contributed by atoms with van der Waals surface area (Å²) < 4.78 is 23.1. The minimum Gasteiger partial charge on any atom is -0.494 e. The smallest absolute Gasteiger partial charge is 0.161 e. The summed E-state index contributed by atoms with van der Waals surface area (Å²) in [4.78, 5) is 2.47. The van der Waals surface area contributed by atoms with Crippen molar-refractivity contribution in [2.75, 3.05) is 34.0 Å². The van der Waals surface area contributed by atoms with Gasteiger partial charge >= 0.3 is 0 Å². The Morgan fingerprint density at radius 2 is 1.84 bits per heavy atom. The number of benzene rings is 1. The van der Waals surface area contributed by atoms with Crippen molar-refractivity contribution in [3.63, 3.8) is 0 Å². The molecular weight excluding hydrogens is 462 g/mol. The first-order chi connectivity index (χ1) is 17.6. The lowest BCUT2D eigenvalue weighted by atomic mass is 9.64. The number of hydrogen-bond acceptors (Lipinski definition) is 5. The second kappa shape index (κ2) is 12.3. The highest BCUT2D eigenvalue weighted by atomic mass is 16.5. The summed E-state index contributed by atoms with van der Waals surface area (Å²) in [5.74, 6) is 2.96. The van der Waals surface area contributed by atoms with Gasteiger partial charge in [-0.05, 0) is 54.0 Å². The van der Waals surface area contributed by atoms with Gasteiger partial charge in [-0.1, -0.05) is 54.2 Å². The lowest BCUT2D eigenvalue weighted by molar-refractivity contribution is 0.109. The fourth-order valence-corrected chi connectivity index (χ4v) is 5.58. The summed E-state index contributed by atoms with van der Waals surface area (Å²) >= 11 is 0. The molecule has 204 valence electrons. The van der Waals surface area contributed by atoms with Crippen LogP contribution >= 0.6 is 0 Å². The molecule has 2 aliphatic heterocycles. The monoisotopic (exact) mass is 509 g/mol. The zero-order valence-electron chi connectivity index (χ0n) is 24.3. The minimum absolute atomic E-state index is 0.0392. The van der Waals surface area contributed by atoms with Crippen LogP contribution in [0, 0.1) is 11.3 Å². The second-order valence-electron chi connectivity index (χ2n) is 10.8. The van der Waals surface area contributed by atoms with Crippen LogP contribution in [0.5, 0.6) is 11.5 Å². The molecule has 0 fully saturated rings. The van der Waals surface area contributed by atoms with E-state index in [4.69, 9.17) is 18.9 Å². The highest BCUT2D eigenvalue weighted by Gasteiger charge is 2.47. The number of fused-ring (bicyclic) bond motifs is 3. The molecule has 0 N–H and O–H groups in total. The molecule has 37 heavy (non-hydrogen) atoms. The summed E-state index contributed by atoms with van der Waals surface area (Å²) in [6.45, 7) is 24.1. The number of allylic oxidation sites excluding steroid dienone is 2. The molecule has 0 saturated heterocycles. The minimum atomic E-state index is 0.0392. The van der Waals surface area contributed by atoms with Crippen molar-refractivity contribution in [1.82, 2.24) is 4.90 Å². The van der Waals surface area contributed by atoms with Gasteiger partial charge in [-0.3, -0.25) is 0 Å².